The van der Waals surface area contributed by atoms with Gasteiger partial charge in [0.2, 0.25) is 0 Å². The lowest BCUT2D eigenvalue weighted by Crippen LogP contribution is -2.01. The summed E-state index contributed by atoms with van der Waals surface area (Å²) < 4.78 is 7.02. The third-order valence-corrected chi connectivity index (χ3v) is 4.87. The molecule has 0 radical (unpaired) electrons. The number of allylic oxidation sites excluding steroid dienone is 1. The van der Waals surface area contributed by atoms with E-state index >= 15 is 0 Å². The number of fused-ring (bicyclic) bond motifs is 1. The Bertz CT molecular complexity index is 926. The first-order valence-corrected chi connectivity index (χ1v) is 9.45. The van der Waals surface area contributed by atoms with E-state index < -0.39 is 0 Å². The van der Waals surface area contributed by atoms with Crippen molar-refractivity contribution in [2.24, 2.45) is 0 Å². The number of ether oxygens (including phenoxy) is 1. The molecule has 0 amide bonds. The molecule has 0 saturated heterocycles. The van der Waals surface area contributed by atoms with Gasteiger partial charge >= 0.3 is 5.97 Å². The molecule has 4 nitrogen and oxygen atoms in total. The van der Waals surface area contributed by atoms with Crippen molar-refractivity contribution in [3.63, 3.8) is 0 Å². The van der Waals surface area contributed by atoms with Gasteiger partial charge in [-0.05, 0) is 49.9 Å². The Morgan fingerprint density at radius 1 is 1.15 bits per heavy atom. The monoisotopic (exact) mass is 362 g/mol. The standard InChI is InChI=1S/C23H26N2O2/c1-18-20-12-7-8-13-21(20)25(23(18)19-11-10-15-24-17-19)16-9-5-3-4-6-14-22(26)27-2/h6-8,10-15,17H,3-5,9,16H2,1-2H3/b14-6+. The van der Waals surface area contributed by atoms with E-state index in [0.717, 1.165) is 37.8 Å². The van der Waals surface area contributed by atoms with Crippen LogP contribution in [0.4, 0.5) is 0 Å². The Kier molecular flexibility index (Phi) is 6.42. The molecular weight excluding hydrogens is 336 g/mol. The van der Waals surface area contributed by atoms with Gasteiger partial charge in [-0.15, -0.1) is 0 Å². The van der Waals surface area contributed by atoms with Crippen LogP contribution in [0.1, 0.15) is 31.2 Å². The molecule has 0 bridgehead atoms. The lowest BCUT2D eigenvalue weighted by atomic mass is 10.1. The van der Waals surface area contributed by atoms with Crippen molar-refractivity contribution in [3.05, 3.63) is 66.5 Å². The summed E-state index contributed by atoms with van der Waals surface area (Å²) in [6.07, 6.45) is 11.3. The molecule has 0 atom stereocenters. The highest BCUT2D eigenvalue weighted by Crippen LogP contribution is 2.33. The number of benzene rings is 1. The number of carbonyl (C=O) groups is 1. The van der Waals surface area contributed by atoms with Gasteiger partial charge in [0.15, 0.2) is 0 Å². The average Bonchev–Trinajstić information content (AvgIpc) is 3.00. The van der Waals surface area contributed by atoms with Crippen LogP contribution in [0.15, 0.2) is 60.9 Å². The highest BCUT2D eigenvalue weighted by atomic mass is 16.5. The first-order chi connectivity index (χ1) is 13.2. The highest BCUT2D eigenvalue weighted by molar-refractivity contribution is 5.91. The molecule has 0 unspecified atom stereocenters. The van der Waals surface area contributed by atoms with Crippen molar-refractivity contribution in [1.29, 1.82) is 0 Å². The van der Waals surface area contributed by atoms with Gasteiger partial charge < -0.3 is 9.30 Å². The van der Waals surface area contributed by atoms with Gasteiger partial charge in [-0.25, -0.2) is 4.79 Å². The topological polar surface area (TPSA) is 44.1 Å². The summed E-state index contributed by atoms with van der Waals surface area (Å²) in [7, 11) is 1.40. The summed E-state index contributed by atoms with van der Waals surface area (Å²) in [5, 5.41) is 1.30. The molecule has 0 aliphatic rings. The first-order valence-electron chi connectivity index (χ1n) is 9.45. The number of methoxy groups -OCH3 is 1. The molecular formula is C23H26N2O2. The number of carbonyl (C=O) groups excluding carboxylic acids is 1. The van der Waals surface area contributed by atoms with Gasteiger partial charge in [0.05, 0.1) is 12.8 Å². The molecule has 0 aliphatic carbocycles. The number of unbranched alkanes of at least 4 members (excludes halogenated alkanes) is 3. The van der Waals surface area contributed by atoms with Gasteiger partial charge in [0.25, 0.3) is 0 Å². The molecule has 3 aromatic rings. The van der Waals surface area contributed by atoms with Crippen LogP contribution in [-0.4, -0.2) is 22.6 Å². The molecule has 27 heavy (non-hydrogen) atoms. The summed E-state index contributed by atoms with van der Waals surface area (Å²) in [4.78, 5) is 15.4. The van der Waals surface area contributed by atoms with E-state index in [0.29, 0.717) is 0 Å². The van der Waals surface area contributed by atoms with Crippen molar-refractivity contribution >= 4 is 16.9 Å². The van der Waals surface area contributed by atoms with Crippen molar-refractivity contribution in [3.8, 4) is 11.3 Å². The Morgan fingerprint density at radius 2 is 2.00 bits per heavy atom. The van der Waals surface area contributed by atoms with Crippen molar-refractivity contribution in [2.75, 3.05) is 7.11 Å². The molecule has 2 aromatic heterocycles. The van der Waals surface area contributed by atoms with E-state index in [1.54, 1.807) is 0 Å². The first kappa shape index (κ1) is 18.9. The zero-order valence-electron chi connectivity index (χ0n) is 16.0. The van der Waals surface area contributed by atoms with E-state index in [1.807, 2.05) is 24.5 Å². The Morgan fingerprint density at radius 3 is 2.78 bits per heavy atom. The van der Waals surface area contributed by atoms with Gasteiger partial charge in [0.1, 0.15) is 0 Å². The largest absolute Gasteiger partial charge is 0.466 e. The number of hydrogen-bond acceptors (Lipinski definition) is 3. The van der Waals surface area contributed by atoms with Gasteiger partial charge in [-0.1, -0.05) is 30.7 Å². The minimum atomic E-state index is -0.287. The predicted molar refractivity (Wildman–Crippen MR) is 110 cm³/mol. The molecule has 4 heteroatoms. The zero-order valence-corrected chi connectivity index (χ0v) is 16.0. The fourth-order valence-corrected chi connectivity index (χ4v) is 3.54. The predicted octanol–water partition coefficient (Wildman–Crippen LogP) is 5.30. The normalized spacial score (nSPS) is 11.3. The van der Waals surface area contributed by atoms with Crippen LogP contribution >= 0.6 is 0 Å². The summed E-state index contributed by atoms with van der Waals surface area (Å²) in [5.41, 5.74) is 5.00. The number of nitrogens with zero attached hydrogens (tertiary/aromatic N) is 2. The number of pyridine rings is 1. The number of aryl methyl sites for hydroxylation is 2. The second-order valence-electron chi connectivity index (χ2n) is 6.66. The minimum absolute atomic E-state index is 0.287. The average molecular weight is 362 g/mol. The minimum Gasteiger partial charge on any atom is -0.466 e. The van der Waals surface area contributed by atoms with E-state index in [4.69, 9.17) is 0 Å². The number of aromatic nitrogens is 2. The fraction of sp³-hybridized carbons (Fsp3) is 0.304. The zero-order chi connectivity index (χ0) is 19.1. The summed E-state index contributed by atoms with van der Waals surface area (Å²) in [6.45, 7) is 3.16. The molecule has 1 aromatic carbocycles. The molecule has 0 N–H and O–H groups in total. The Hall–Kier alpha value is -2.88. The van der Waals surface area contributed by atoms with E-state index in [2.05, 4.69) is 51.5 Å². The molecule has 0 aliphatic heterocycles. The Balaban J connectivity index is 1.72. The van der Waals surface area contributed by atoms with Gasteiger partial charge in [-0.3, -0.25) is 4.98 Å². The molecule has 0 saturated carbocycles. The highest BCUT2D eigenvalue weighted by Gasteiger charge is 2.15. The molecule has 140 valence electrons. The van der Waals surface area contributed by atoms with Crippen molar-refractivity contribution < 1.29 is 9.53 Å². The lowest BCUT2D eigenvalue weighted by Gasteiger charge is -2.11. The summed E-state index contributed by atoms with van der Waals surface area (Å²) in [6, 6.07) is 12.7. The molecule has 2 heterocycles. The fourth-order valence-electron chi connectivity index (χ4n) is 3.54. The maximum absolute atomic E-state index is 11.1. The molecule has 0 spiro atoms. The summed E-state index contributed by atoms with van der Waals surface area (Å²) >= 11 is 0. The van der Waals surface area contributed by atoms with Crippen LogP contribution in [0.25, 0.3) is 22.2 Å². The Labute approximate surface area is 160 Å². The third-order valence-electron chi connectivity index (χ3n) is 4.87. The second kappa shape index (κ2) is 9.17. The van der Waals surface area contributed by atoms with Gasteiger partial charge in [-0.2, -0.15) is 0 Å². The maximum atomic E-state index is 11.1. The maximum Gasteiger partial charge on any atom is 0.330 e. The van der Waals surface area contributed by atoms with Gasteiger partial charge in [0, 0.05) is 41.5 Å². The summed E-state index contributed by atoms with van der Waals surface area (Å²) in [5.74, 6) is -0.287. The number of rotatable bonds is 8. The third kappa shape index (κ3) is 4.45. The van der Waals surface area contributed by atoms with Crippen LogP contribution < -0.4 is 0 Å². The van der Waals surface area contributed by atoms with Crippen LogP contribution in [-0.2, 0) is 16.1 Å². The molecule has 0 fully saturated rings. The van der Waals surface area contributed by atoms with Crippen LogP contribution in [0, 0.1) is 6.92 Å². The molecule has 3 rings (SSSR count). The smallest absolute Gasteiger partial charge is 0.330 e. The van der Waals surface area contributed by atoms with Crippen LogP contribution in [0.3, 0.4) is 0 Å². The SMILES string of the molecule is COC(=O)/C=C/CCCCCn1c(-c2cccnc2)c(C)c2ccccc21. The quantitative estimate of drug-likeness (QED) is 0.310. The van der Waals surface area contributed by atoms with Crippen LogP contribution in [0.2, 0.25) is 0 Å². The van der Waals surface area contributed by atoms with Crippen molar-refractivity contribution in [2.45, 2.75) is 39.2 Å². The van der Waals surface area contributed by atoms with Crippen molar-refractivity contribution in [1.82, 2.24) is 9.55 Å². The van der Waals surface area contributed by atoms with Crippen LogP contribution in [0.5, 0.6) is 0 Å². The number of esters is 1. The van der Waals surface area contributed by atoms with E-state index in [1.165, 1.54) is 35.3 Å². The van der Waals surface area contributed by atoms with E-state index in [-0.39, 0.29) is 5.97 Å². The van der Waals surface area contributed by atoms with E-state index in [9.17, 15) is 4.79 Å². The second-order valence-corrected chi connectivity index (χ2v) is 6.66. The number of para-hydroxylation sites is 1. The number of hydrogen-bond donors (Lipinski definition) is 0. The lowest BCUT2D eigenvalue weighted by molar-refractivity contribution is -0.134.